The van der Waals surface area contributed by atoms with Gasteiger partial charge in [-0.25, -0.2) is 0 Å². The lowest BCUT2D eigenvalue weighted by Crippen LogP contribution is -2.31. The van der Waals surface area contributed by atoms with Crippen LogP contribution in [0.25, 0.3) is 10.9 Å². The van der Waals surface area contributed by atoms with Gasteiger partial charge in [0.2, 0.25) is 0 Å². The summed E-state index contributed by atoms with van der Waals surface area (Å²) >= 11 is 6.59. The van der Waals surface area contributed by atoms with Crippen LogP contribution >= 0.6 is 11.6 Å². The topological polar surface area (TPSA) is 33.2 Å². The molecule has 1 heterocycles. The van der Waals surface area contributed by atoms with Crippen molar-refractivity contribution in [3.05, 3.63) is 69.9 Å². The van der Waals surface area contributed by atoms with E-state index in [4.69, 9.17) is 16.6 Å². The molecule has 0 unspecified atom stereocenters. The van der Waals surface area contributed by atoms with Crippen LogP contribution < -0.4 is 4.90 Å². The summed E-state index contributed by atoms with van der Waals surface area (Å²) in [6.07, 6.45) is 3.06. The van der Waals surface area contributed by atoms with Gasteiger partial charge < -0.3 is 4.90 Å². The van der Waals surface area contributed by atoms with E-state index in [1.807, 2.05) is 61.2 Å². The zero-order valence-electron chi connectivity index (χ0n) is 15.1. The highest BCUT2D eigenvalue weighted by Gasteiger charge is 2.21. The molecule has 3 aromatic rings. The number of aryl methyl sites for hydroxylation is 2. The molecule has 2 aromatic carbocycles. The Morgan fingerprint density at radius 2 is 2.00 bits per heavy atom. The molecule has 0 spiro atoms. The zero-order valence-corrected chi connectivity index (χ0v) is 15.8. The minimum absolute atomic E-state index is 0.0119. The first-order chi connectivity index (χ1) is 12.6. The number of nitrogens with zero attached hydrogens (tertiary/aromatic N) is 2. The number of amides is 1. The average molecular weight is 365 g/mol. The number of halogens is 1. The molecule has 0 fully saturated rings. The number of anilines is 1. The number of rotatable bonds is 3. The fraction of sp³-hybridized carbons (Fsp3) is 0.273. The van der Waals surface area contributed by atoms with Crippen molar-refractivity contribution in [2.75, 3.05) is 11.4 Å². The second-order valence-electron chi connectivity index (χ2n) is 6.77. The van der Waals surface area contributed by atoms with Crippen LogP contribution in [0.4, 0.5) is 5.69 Å². The second-order valence-corrected chi connectivity index (χ2v) is 7.15. The summed E-state index contributed by atoms with van der Waals surface area (Å²) in [5.74, 6) is -0.0119. The normalized spacial score (nSPS) is 13.0. The highest BCUT2D eigenvalue weighted by Crippen LogP contribution is 2.34. The Morgan fingerprint density at radius 1 is 1.19 bits per heavy atom. The fourth-order valence-corrected chi connectivity index (χ4v) is 4.15. The molecule has 1 aromatic heterocycles. The van der Waals surface area contributed by atoms with E-state index >= 15 is 0 Å². The van der Waals surface area contributed by atoms with Crippen molar-refractivity contribution in [3.8, 4) is 0 Å². The van der Waals surface area contributed by atoms with Crippen LogP contribution in [0.15, 0.2) is 42.5 Å². The minimum Gasteiger partial charge on any atom is -0.308 e. The van der Waals surface area contributed by atoms with Crippen molar-refractivity contribution in [2.24, 2.45) is 0 Å². The molecule has 0 saturated heterocycles. The SMILES string of the molecule is CCN(C(=O)c1ccc2c(Cl)c3c(nc2c1)CCC3)c1ccccc1C. The molecule has 132 valence electrons. The Kier molecular flexibility index (Phi) is 4.41. The molecule has 4 heteroatoms. The first kappa shape index (κ1) is 17.0. The number of aromatic nitrogens is 1. The van der Waals surface area contributed by atoms with Gasteiger partial charge in [-0.1, -0.05) is 35.9 Å². The van der Waals surface area contributed by atoms with Gasteiger partial charge >= 0.3 is 0 Å². The molecule has 3 nitrogen and oxygen atoms in total. The summed E-state index contributed by atoms with van der Waals surface area (Å²) in [6.45, 7) is 4.63. The predicted molar refractivity (Wildman–Crippen MR) is 107 cm³/mol. The van der Waals surface area contributed by atoms with Gasteiger partial charge in [0.25, 0.3) is 5.91 Å². The molecule has 26 heavy (non-hydrogen) atoms. The number of pyridine rings is 1. The van der Waals surface area contributed by atoms with E-state index in [1.54, 1.807) is 0 Å². The number of carbonyl (C=O) groups is 1. The lowest BCUT2D eigenvalue weighted by molar-refractivity contribution is 0.0988. The maximum atomic E-state index is 13.2. The fourth-order valence-electron chi connectivity index (χ4n) is 3.78. The first-order valence-corrected chi connectivity index (χ1v) is 9.46. The predicted octanol–water partition coefficient (Wildman–Crippen LogP) is 5.35. The third kappa shape index (κ3) is 2.77. The third-order valence-corrected chi connectivity index (χ3v) is 5.59. The molecule has 4 rings (SSSR count). The molecule has 1 aliphatic rings. The molecule has 1 aliphatic carbocycles. The van der Waals surface area contributed by atoms with Crippen molar-refractivity contribution in [2.45, 2.75) is 33.1 Å². The van der Waals surface area contributed by atoms with E-state index in [2.05, 4.69) is 0 Å². The summed E-state index contributed by atoms with van der Waals surface area (Å²) < 4.78 is 0. The van der Waals surface area contributed by atoms with E-state index in [9.17, 15) is 4.79 Å². The number of benzene rings is 2. The lowest BCUT2D eigenvalue weighted by Gasteiger charge is -2.23. The molecule has 0 atom stereocenters. The summed E-state index contributed by atoms with van der Waals surface area (Å²) in [5, 5.41) is 1.73. The van der Waals surface area contributed by atoms with E-state index < -0.39 is 0 Å². The monoisotopic (exact) mass is 364 g/mol. The summed E-state index contributed by atoms with van der Waals surface area (Å²) in [4.78, 5) is 19.7. The second kappa shape index (κ2) is 6.73. The minimum atomic E-state index is -0.0119. The van der Waals surface area contributed by atoms with Crippen molar-refractivity contribution in [1.29, 1.82) is 0 Å². The lowest BCUT2D eigenvalue weighted by atomic mass is 10.1. The van der Waals surface area contributed by atoms with E-state index in [1.165, 1.54) is 5.56 Å². The highest BCUT2D eigenvalue weighted by atomic mass is 35.5. The maximum absolute atomic E-state index is 13.2. The molecule has 0 aliphatic heterocycles. The van der Waals surface area contributed by atoms with Crippen LogP contribution in [0.5, 0.6) is 0 Å². The van der Waals surface area contributed by atoms with Gasteiger partial charge in [0.15, 0.2) is 0 Å². The van der Waals surface area contributed by atoms with Crippen LogP contribution in [0, 0.1) is 6.92 Å². The summed E-state index contributed by atoms with van der Waals surface area (Å²) in [6, 6.07) is 13.6. The Bertz CT molecular complexity index is 1010. The van der Waals surface area contributed by atoms with Crippen LogP contribution in [0.1, 0.15) is 40.5 Å². The average Bonchev–Trinajstić information content (AvgIpc) is 3.12. The Morgan fingerprint density at radius 3 is 2.77 bits per heavy atom. The largest absolute Gasteiger partial charge is 0.308 e. The number of hydrogen-bond acceptors (Lipinski definition) is 2. The first-order valence-electron chi connectivity index (χ1n) is 9.08. The van der Waals surface area contributed by atoms with Crippen LogP contribution in [0.3, 0.4) is 0 Å². The van der Waals surface area contributed by atoms with Gasteiger partial charge in [-0.15, -0.1) is 0 Å². The molecule has 0 N–H and O–H groups in total. The number of para-hydroxylation sites is 1. The quantitative estimate of drug-likeness (QED) is 0.627. The molecular formula is C22H21ClN2O. The Balaban J connectivity index is 1.77. The van der Waals surface area contributed by atoms with Crippen LogP contribution in [-0.2, 0) is 12.8 Å². The van der Waals surface area contributed by atoms with Gasteiger partial charge in [-0.3, -0.25) is 9.78 Å². The van der Waals surface area contributed by atoms with Crippen molar-refractivity contribution in [3.63, 3.8) is 0 Å². The highest BCUT2D eigenvalue weighted by molar-refractivity contribution is 6.36. The van der Waals surface area contributed by atoms with Gasteiger partial charge in [0.1, 0.15) is 0 Å². The number of hydrogen-bond donors (Lipinski definition) is 0. The number of carbonyl (C=O) groups excluding carboxylic acids is 1. The Labute approximate surface area is 158 Å². The van der Waals surface area contributed by atoms with Crippen LogP contribution in [0.2, 0.25) is 5.02 Å². The van der Waals surface area contributed by atoms with Crippen molar-refractivity contribution >= 4 is 34.1 Å². The van der Waals surface area contributed by atoms with Gasteiger partial charge in [-0.05, 0) is 62.4 Å². The standard InChI is InChI=1S/C22H21ClN2O/c1-3-25(20-10-5-4-7-14(20)2)22(26)15-11-12-17-19(13-15)24-18-9-6-8-16(18)21(17)23/h4-5,7,10-13H,3,6,8-9H2,1-2H3. The van der Waals surface area contributed by atoms with Gasteiger partial charge in [0, 0.05) is 28.9 Å². The van der Waals surface area contributed by atoms with Crippen molar-refractivity contribution < 1.29 is 4.79 Å². The summed E-state index contributed by atoms with van der Waals surface area (Å²) in [5.41, 5.74) is 5.74. The smallest absolute Gasteiger partial charge is 0.258 e. The Hall–Kier alpha value is -2.39. The van der Waals surface area contributed by atoms with E-state index in [-0.39, 0.29) is 5.91 Å². The zero-order chi connectivity index (χ0) is 18.3. The molecule has 0 bridgehead atoms. The molecule has 0 saturated carbocycles. The van der Waals surface area contributed by atoms with Crippen molar-refractivity contribution in [1.82, 2.24) is 4.98 Å². The third-order valence-electron chi connectivity index (χ3n) is 5.16. The van der Waals surface area contributed by atoms with Crippen LogP contribution in [-0.4, -0.2) is 17.4 Å². The van der Waals surface area contributed by atoms with E-state index in [0.717, 1.165) is 52.1 Å². The maximum Gasteiger partial charge on any atom is 0.258 e. The summed E-state index contributed by atoms with van der Waals surface area (Å²) in [7, 11) is 0. The van der Waals surface area contributed by atoms with Gasteiger partial charge in [0.05, 0.1) is 10.5 Å². The number of fused-ring (bicyclic) bond motifs is 2. The van der Waals surface area contributed by atoms with E-state index in [0.29, 0.717) is 12.1 Å². The van der Waals surface area contributed by atoms with Gasteiger partial charge in [-0.2, -0.15) is 0 Å². The molecular weight excluding hydrogens is 344 g/mol. The molecule has 0 radical (unpaired) electrons. The molecule has 1 amide bonds.